The van der Waals surface area contributed by atoms with Gasteiger partial charge in [0.15, 0.2) is 0 Å². The van der Waals surface area contributed by atoms with Crippen molar-refractivity contribution in [3.05, 3.63) is 21.8 Å². The van der Waals surface area contributed by atoms with Gasteiger partial charge in [0.05, 0.1) is 20.8 Å². The van der Waals surface area contributed by atoms with E-state index in [-0.39, 0.29) is 20.4 Å². The van der Waals surface area contributed by atoms with E-state index in [1.165, 1.54) is 0 Å². The Kier molecular flexibility index (Phi) is 4.62. The second kappa shape index (κ2) is 5.20. The molecule has 0 saturated heterocycles. The number of carbonyl (C=O) groups excluding carboxylic acids is 1. The molecule has 5 nitrogen and oxygen atoms in total. The number of halogens is 3. The highest BCUT2D eigenvalue weighted by molar-refractivity contribution is 14.1. The molecular weight excluding hydrogens is 555 g/mol. The quantitative estimate of drug-likeness (QED) is 0.420. The third kappa shape index (κ3) is 2.37. The van der Waals surface area contributed by atoms with Crippen molar-refractivity contribution in [2.45, 2.75) is 0 Å². The van der Waals surface area contributed by atoms with Crippen LogP contribution in [0.15, 0.2) is 0 Å². The molecule has 86 valence electrons. The fourth-order valence-electron chi connectivity index (χ4n) is 1.05. The van der Waals surface area contributed by atoms with Crippen LogP contribution >= 0.6 is 67.8 Å². The molecule has 0 spiro atoms. The zero-order chi connectivity index (χ0) is 12.6. The molecule has 0 aliphatic heterocycles. The van der Waals surface area contributed by atoms with Crippen LogP contribution in [0.2, 0.25) is 0 Å². The maximum Gasteiger partial charge on any atom is 0.337 e. The van der Waals surface area contributed by atoms with Crippen molar-refractivity contribution < 1.29 is 19.8 Å². The lowest BCUT2D eigenvalue weighted by molar-refractivity contribution is -0.255. The Labute approximate surface area is 131 Å². The molecule has 0 atom stereocenters. The SMILES string of the molecule is Nc1c(I)c(C(=O)[O-])c(I)c(C(=O)O)c1I. The lowest BCUT2D eigenvalue weighted by Crippen LogP contribution is -2.27. The molecule has 0 heterocycles. The number of nitrogens with two attached hydrogens (primary N) is 1. The summed E-state index contributed by atoms with van der Waals surface area (Å²) in [5, 5.41) is 19.9. The molecule has 0 unspecified atom stereocenters. The highest BCUT2D eigenvalue weighted by Gasteiger charge is 2.23. The van der Waals surface area contributed by atoms with E-state index in [0.29, 0.717) is 7.14 Å². The molecule has 0 aromatic heterocycles. The van der Waals surface area contributed by atoms with Crippen molar-refractivity contribution >= 4 is 85.4 Å². The van der Waals surface area contributed by atoms with Gasteiger partial charge < -0.3 is 20.7 Å². The van der Waals surface area contributed by atoms with E-state index in [9.17, 15) is 14.7 Å². The molecule has 0 aliphatic rings. The lowest BCUT2D eigenvalue weighted by atomic mass is 10.1. The number of benzene rings is 1. The Balaban J connectivity index is 3.80. The highest BCUT2D eigenvalue weighted by atomic mass is 127. The molecule has 0 bridgehead atoms. The van der Waals surface area contributed by atoms with Crippen molar-refractivity contribution in [3.8, 4) is 0 Å². The average Bonchev–Trinajstić information content (AvgIpc) is 2.13. The number of carbonyl (C=O) groups is 2. The second-order valence-corrected chi connectivity index (χ2v) is 5.93. The summed E-state index contributed by atoms with van der Waals surface area (Å²) >= 11 is 5.22. The van der Waals surface area contributed by atoms with Crippen LogP contribution in [0.5, 0.6) is 0 Å². The number of nitrogen functional groups attached to an aromatic ring is 1. The van der Waals surface area contributed by atoms with Crippen molar-refractivity contribution in [1.29, 1.82) is 0 Å². The topological polar surface area (TPSA) is 103 Å². The first-order valence-electron chi connectivity index (χ1n) is 3.69. The van der Waals surface area contributed by atoms with E-state index in [2.05, 4.69) is 0 Å². The van der Waals surface area contributed by atoms with E-state index in [1.807, 2.05) is 0 Å². The molecule has 1 aromatic rings. The standard InChI is InChI=1S/C8H4I3NO4/c9-3-1(7(13)14)4(10)6(12)5(11)2(3)8(15)16/h12H2,(H,13,14)(H,15,16)/p-1. The van der Waals surface area contributed by atoms with Gasteiger partial charge in [-0.15, -0.1) is 0 Å². The van der Waals surface area contributed by atoms with Crippen LogP contribution < -0.4 is 10.8 Å². The number of hydrogen-bond donors (Lipinski definition) is 2. The van der Waals surface area contributed by atoms with Gasteiger partial charge in [-0.25, -0.2) is 4.79 Å². The Morgan fingerprint density at radius 3 is 1.88 bits per heavy atom. The first kappa shape index (κ1) is 14.2. The highest BCUT2D eigenvalue weighted by Crippen LogP contribution is 2.33. The molecule has 0 saturated carbocycles. The number of anilines is 1. The van der Waals surface area contributed by atoms with Crippen LogP contribution in [-0.2, 0) is 0 Å². The number of aromatic carboxylic acids is 2. The fraction of sp³-hybridized carbons (Fsp3) is 0. The van der Waals surface area contributed by atoms with Crippen LogP contribution in [0.1, 0.15) is 20.7 Å². The smallest absolute Gasteiger partial charge is 0.337 e. The normalized spacial score (nSPS) is 10.2. The summed E-state index contributed by atoms with van der Waals surface area (Å²) in [7, 11) is 0. The van der Waals surface area contributed by atoms with Gasteiger partial charge in [0.2, 0.25) is 0 Å². The molecule has 3 N–H and O–H groups in total. The predicted octanol–water partition coefficient (Wildman–Crippen LogP) is 1.14. The van der Waals surface area contributed by atoms with Gasteiger partial charge in [-0.2, -0.15) is 0 Å². The van der Waals surface area contributed by atoms with Gasteiger partial charge in [-0.3, -0.25) is 0 Å². The summed E-state index contributed by atoms with van der Waals surface area (Å²) in [6.45, 7) is 0. The summed E-state index contributed by atoms with van der Waals surface area (Å²) in [5.41, 5.74) is 5.54. The fourth-order valence-corrected chi connectivity index (χ4v) is 5.12. The van der Waals surface area contributed by atoms with Crippen molar-refractivity contribution in [2.24, 2.45) is 0 Å². The number of hydrogen-bond acceptors (Lipinski definition) is 4. The summed E-state index contributed by atoms with van der Waals surface area (Å²) in [4.78, 5) is 21.9. The molecule has 0 fully saturated rings. The molecular formula is C8H3I3NO4-. The van der Waals surface area contributed by atoms with Crippen LogP contribution in [-0.4, -0.2) is 17.0 Å². The number of carboxylic acid groups (broad SMARTS) is 2. The minimum absolute atomic E-state index is 0.0988. The van der Waals surface area contributed by atoms with Gasteiger partial charge in [0, 0.05) is 12.7 Å². The van der Waals surface area contributed by atoms with E-state index in [0.717, 1.165) is 0 Å². The lowest BCUT2D eigenvalue weighted by Gasteiger charge is -2.15. The minimum Gasteiger partial charge on any atom is -0.545 e. The third-order valence-electron chi connectivity index (χ3n) is 1.77. The van der Waals surface area contributed by atoms with Gasteiger partial charge in [-0.05, 0) is 67.8 Å². The van der Waals surface area contributed by atoms with Crippen molar-refractivity contribution in [2.75, 3.05) is 5.73 Å². The van der Waals surface area contributed by atoms with E-state index in [4.69, 9.17) is 10.8 Å². The Morgan fingerprint density at radius 1 is 1.06 bits per heavy atom. The molecule has 0 amide bonds. The molecule has 0 aliphatic carbocycles. The zero-order valence-corrected chi connectivity index (χ0v) is 13.9. The average molecular weight is 558 g/mol. The Bertz CT molecular complexity index is 460. The van der Waals surface area contributed by atoms with Crippen LogP contribution in [0, 0.1) is 10.7 Å². The first-order valence-corrected chi connectivity index (χ1v) is 6.93. The zero-order valence-electron chi connectivity index (χ0n) is 7.38. The molecule has 8 heteroatoms. The van der Waals surface area contributed by atoms with Crippen LogP contribution in [0.4, 0.5) is 5.69 Å². The Hall–Kier alpha value is 0.150. The van der Waals surface area contributed by atoms with Crippen LogP contribution in [0.25, 0.3) is 0 Å². The second-order valence-electron chi connectivity index (χ2n) is 2.70. The molecule has 0 radical (unpaired) electrons. The summed E-state index contributed by atoms with van der Waals surface area (Å²) < 4.78 is 0.772. The van der Waals surface area contributed by atoms with E-state index in [1.54, 1.807) is 67.8 Å². The summed E-state index contributed by atoms with van der Waals surface area (Å²) in [6, 6.07) is 0. The molecule has 1 aromatic carbocycles. The maximum atomic E-state index is 11.0. The van der Waals surface area contributed by atoms with Gasteiger partial charge in [0.1, 0.15) is 0 Å². The third-order valence-corrected chi connectivity index (χ3v) is 5.09. The molecule has 16 heavy (non-hydrogen) atoms. The van der Waals surface area contributed by atoms with Gasteiger partial charge in [-0.1, -0.05) is 0 Å². The van der Waals surface area contributed by atoms with Crippen molar-refractivity contribution in [3.63, 3.8) is 0 Å². The van der Waals surface area contributed by atoms with E-state index >= 15 is 0 Å². The monoisotopic (exact) mass is 558 g/mol. The maximum absolute atomic E-state index is 11.0. The van der Waals surface area contributed by atoms with Crippen LogP contribution in [0.3, 0.4) is 0 Å². The number of rotatable bonds is 2. The summed E-state index contributed by atoms with van der Waals surface area (Å²) in [5.74, 6) is -2.64. The Morgan fingerprint density at radius 2 is 1.50 bits per heavy atom. The van der Waals surface area contributed by atoms with Crippen molar-refractivity contribution in [1.82, 2.24) is 0 Å². The van der Waals surface area contributed by atoms with Gasteiger partial charge >= 0.3 is 5.97 Å². The largest absolute Gasteiger partial charge is 0.545 e. The summed E-state index contributed by atoms with van der Waals surface area (Å²) in [6.07, 6.45) is 0. The number of carboxylic acids is 2. The predicted molar refractivity (Wildman–Crippen MR) is 80.3 cm³/mol. The van der Waals surface area contributed by atoms with E-state index < -0.39 is 11.9 Å². The first-order chi connectivity index (χ1) is 7.29. The molecule has 1 rings (SSSR count). The minimum atomic E-state index is -1.43. The van der Waals surface area contributed by atoms with Gasteiger partial charge in [0.25, 0.3) is 0 Å².